The third-order valence-electron chi connectivity index (χ3n) is 4.41. The number of likely N-dealkylation sites (tertiary alicyclic amines) is 1. The van der Waals surface area contributed by atoms with Gasteiger partial charge in [0.2, 0.25) is 5.91 Å². The Labute approximate surface area is 149 Å². The van der Waals surface area contributed by atoms with Gasteiger partial charge in [-0.3, -0.25) is 14.8 Å². The maximum absolute atomic E-state index is 12.2. The van der Waals surface area contributed by atoms with Crippen LogP contribution in [-0.4, -0.2) is 33.4 Å². The fourth-order valence-corrected chi connectivity index (χ4v) is 3.03. The molecule has 3 rings (SSSR count). The molecule has 1 aromatic rings. The fourth-order valence-electron chi connectivity index (χ4n) is 3.03. The third-order valence-corrected chi connectivity index (χ3v) is 4.41. The van der Waals surface area contributed by atoms with Gasteiger partial charge in [-0.15, -0.1) is 0 Å². The number of hydrogen-bond acceptors (Lipinski definition) is 3. The molecule has 1 aliphatic heterocycles. The van der Waals surface area contributed by atoms with Crippen molar-refractivity contribution in [2.24, 2.45) is 10.9 Å². The Morgan fingerprint density at radius 2 is 2.32 bits per heavy atom. The quantitative estimate of drug-likeness (QED) is 0.610. The number of carbonyl (C=O) groups excluding carboxylic acids is 1. The van der Waals surface area contributed by atoms with Crippen LogP contribution in [0.15, 0.2) is 35.1 Å². The summed E-state index contributed by atoms with van der Waals surface area (Å²) in [6, 6.07) is 2.04. The first-order chi connectivity index (χ1) is 12.1. The normalized spacial score (nSPS) is 22.3. The molecule has 1 unspecified atom stereocenters. The summed E-state index contributed by atoms with van der Waals surface area (Å²) in [6.45, 7) is 6.83. The summed E-state index contributed by atoms with van der Waals surface area (Å²) in [6.07, 6.45) is 9.71. The first-order valence-corrected chi connectivity index (χ1v) is 9.15. The maximum atomic E-state index is 12.2. The number of allylic oxidation sites excluding steroid dienone is 2. The van der Waals surface area contributed by atoms with E-state index in [1.165, 1.54) is 18.5 Å². The van der Waals surface area contributed by atoms with E-state index in [4.69, 9.17) is 4.99 Å². The first kappa shape index (κ1) is 17.5. The van der Waals surface area contributed by atoms with Crippen LogP contribution in [0.2, 0.25) is 0 Å². The van der Waals surface area contributed by atoms with Crippen molar-refractivity contribution >= 4 is 17.6 Å². The Morgan fingerprint density at radius 1 is 1.52 bits per heavy atom. The van der Waals surface area contributed by atoms with Crippen LogP contribution >= 0.6 is 0 Å². The number of hydrogen-bond donors (Lipinski definition) is 2. The molecule has 2 heterocycles. The number of carbonyl (C=O) groups is 1. The molecule has 0 bridgehead atoms. The lowest BCUT2D eigenvalue weighted by molar-refractivity contribution is -0.126. The predicted molar refractivity (Wildman–Crippen MR) is 100 cm³/mol. The summed E-state index contributed by atoms with van der Waals surface area (Å²) in [5, 5.41) is 10.7. The van der Waals surface area contributed by atoms with Crippen LogP contribution in [0.3, 0.4) is 0 Å². The second-order valence-corrected chi connectivity index (χ2v) is 6.89. The minimum absolute atomic E-state index is 0.145. The molecule has 2 N–H and O–H groups in total. The molecule has 6 heteroatoms. The van der Waals surface area contributed by atoms with Crippen molar-refractivity contribution in [3.05, 3.63) is 35.8 Å². The summed E-state index contributed by atoms with van der Waals surface area (Å²) < 4.78 is 0. The van der Waals surface area contributed by atoms with E-state index in [2.05, 4.69) is 29.4 Å². The number of H-pyrrole nitrogens is 1. The van der Waals surface area contributed by atoms with Gasteiger partial charge in [0.1, 0.15) is 11.7 Å². The number of amides is 1. The van der Waals surface area contributed by atoms with E-state index >= 15 is 0 Å². The zero-order valence-electron chi connectivity index (χ0n) is 15.2. The lowest BCUT2D eigenvalue weighted by atomic mass is 10.2. The molecule has 0 radical (unpaired) electrons. The highest BCUT2D eigenvalue weighted by atomic mass is 16.2. The van der Waals surface area contributed by atoms with Crippen molar-refractivity contribution in [1.29, 1.82) is 0 Å². The number of aliphatic imine (C=N–C) groups is 1. The van der Waals surface area contributed by atoms with Gasteiger partial charge < -0.3 is 5.32 Å². The molecule has 2 aliphatic rings. The molecule has 0 aromatic carbocycles. The van der Waals surface area contributed by atoms with Gasteiger partial charge in [0.05, 0.1) is 0 Å². The topological polar surface area (TPSA) is 73.4 Å². The SMILES string of the molecule is C\C=C/C(=N\C(=C\CC)N1CC(C)CC1=O)Nc1cc(C2CC2)[nH]n1. The summed E-state index contributed by atoms with van der Waals surface area (Å²) in [5.41, 5.74) is 1.18. The van der Waals surface area contributed by atoms with Crippen molar-refractivity contribution in [2.45, 2.75) is 52.4 Å². The number of rotatable bonds is 6. The molecule has 2 fully saturated rings. The largest absolute Gasteiger partial charge is 0.323 e. The Balaban J connectivity index is 1.80. The number of aromatic nitrogens is 2. The standard InChI is InChI=1S/C19H27N5O/c1-4-6-16(20-17-11-15(22-23-17)14-8-9-14)21-18(7-5-2)24-12-13(3)10-19(24)25/h4,6-7,11,13-14H,5,8-10,12H2,1-3H3,(H2,20,21,22,23)/b6-4-,18-7-. The highest BCUT2D eigenvalue weighted by molar-refractivity contribution is 6.03. The van der Waals surface area contributed by atoms with Crippen LogP contribution < -0.4 is 5.32 Å². The minimum atomic E-state index is 0.145. The molecular formula is C19H27N5O. The lowest BCUT2D eigenvalue weighted by Crippen LogP contribution is -2.25. The Hall–Kier alpha value is -2.37. The van der Waals surface area contributed by atoms with Crippen molar-refractivity contribution < 1.29 is 4.79 Å². The smallest absolute Gasteiger partial charge is 0.228 e. The Morgan fingerprint density at radius 3 is 2.92 bits per heavy atom. The highest BCUT2D eigenvalue weighted by Crippen LogP contribution is 2.39. The zero-order chi connectivity index (χ0) is 17.8. The van der Waals surface area contributed by atoms with Crippen LogP contribution in [0.5, 0.6) is 0 Å². The van der Waals surface area contributed by atoms with Gasteiger partial charge >= 0.3 is 0 Å². The molecule has 25 heavy (non-hydrogen) atoms. The molecule has 0 spiro atoms. The van der Waals surface area contributed by atoms with E-state index in [0.717, 1.165) is 24.6 Å². The van der Waals surface area contributed by atoms with Crippen molar-refractivity contribution in [3.63, 3.8) is 0 Å². The molecule has 1 amide bonds. The first-order valence-electron chi connectivity index (χ1n) is 9.15. The molecule has 134 valence electrons. The van der Waals surface area contributed by atoms with Gasteiger partial charge in [0, 0.05) is 30.6 Å². The van der Waals surface area contributed by atoms with E-state index in [-0.39, 0.29) is 5.91 Å². The van der Waals surface area contributed by atoms with E-state index in [1.54, 1.807) is 4.90 Å². The number of nitrogens with zero attached hydrogens (tertiary/aromatic N) is 3. The van der Waals surface area contributed by atoms with E-state index in [1.807, 2.05) is 31.2 Å². The van der Waals surface area contributed by atoms with Gasteiger partial charge in [-0.2, -0.15) is 5.10 Å². The van der Waals surface area contributed by atoms with Crippen molar-refractivity contribution in [2.75, 3.05) is 11.9 Å². The number of amidine groups is 1. The molecule has 1 saturated heterocycles. The second kappa shape index (κ2) is 7.68. The second-order valence-electron chi connectivity index (χ2n) is 6.89. The molecule has 1 aliphatic carbocycles. The van der Waals surface area contributed by atoms with E-state index in [0.29, 0.717) is 24.1 Å². The van der Waals surface area contributed by atoms with Gasteiger partial charge in [-0.25, -0.2) is 4.99 Å². The number of nitrogens with one attached hydrogen (secondary N) is 2. The molecule has 1 atom stereocenters. The molecule has 1 saturated carbocycles. The maximum Gasteiger partial charge on any atom is 0.228 e. The monoisotopic (exact) mass is 341 g/mol. The van der Waals surface area contributed by atoms with Gasteiger partial charge in [0.25, 0.3) is 0 Å². The summed E-state index contributed by atoms with van der Waals surface area (Å²) in [5.74, 6) is 3.30. The van der Waals surface area contributed by atoms with Crippen LogP contribution in [0.25, 0.3) is 0 Å². The Kier molecular flexibility index (Phi) is 5.36. The van der Waals surface area contributed by atoms with Crippen LogP contribution in [0.4, 0.5) is 5.82 Å². The van der Waals surface area contributed by atoms with Gasteiger partial charge in [-0.1, -0.05) is 19.9 Å². The number of anilines is 1. The minimum Gasteiger partial charge on any atom is -0.323 e. The molecule has 1 aromatic heterocycles. The van der Waals surface area contributed by atoms with Crippen LogP contribution in [0.1, 0.15) is 58.1 Å². The third kappa shape index (κ3) is 4.38. The van der Waals surface area contributed by atoms with Crippen molar-refractivity contribution in [3.8, 4) is 0 Å². The molecule has 6 nitrogen and oxygen atoms in total. The van der Waals surface area contributed by atoms with Crippen molar-refractivity contribution in [1.82, 2.24) is 15.1 Å². The predicted octanol–water partition coefficient (Wildman–Crippen LogP) is 3.79. The van der Waals surface area contributed by atoms with E-state index < -0.39 is 0 Å². The summed E-state index contributed by atoms with van der Waals surface area (Å²) in [7, 11) is 0. The van der Waals surface area contributed by atoms with E-state index in [9.17, 15) is 4.79 Å². The average molecular weight is 341 g/mol. The number of aromatic amines is 1. The van der Waals surface area contributed by atoms with Gasteiger partial charge in [-0.05, 0) is 44.3 Å². The average Bonchev–Trinajstić information content (AvgIpc) is 3.22. The summed E-state index contributed by atoms with van der Waals surface area (Å²) >= 11 is 0. The lowest BCUT2D eigenvalue weighted by Gasteiger charge is -2.17. The zero-order valence-corrected chi connectivity index (χ0v) is 15.2. The highest BCUT2D eigenvalue weighted by Gasteiger charge is 2.29. The van der Waals surface area contributed by atoms with Crippen LogP contribution in [-0.2, 0) is 4.79 Å². The Bertz CT molecular complexity index is 711. The summed E-state index contributed by atoms with van der Waals surface area (Å²) in [4.78, 5) is 18.8. The van der Waals surface area contributed by atoms with Crippen LogP contribution in [0, 0.1) is 5.92 Å². The molecular weight excluding hydrogens is 314 g/mol. The fraction of sp³-hybridized carbons (Fsp3) is 0.526. The van der Waals surface area contributed by atoms with Gasteiger partial charge in [0.15, 0.2) is 5.82 Å².